The van der Waals surface area contributed by atoms with Crippen molar-refractivity contribution in [1.82, 2.24) is 4.90 Å². The van der Waals surface area contributed by atoms with Crippen LogP contribution in [0.25, 0.3) is 0 Å². The third kappa shape index (κ3) is 4.45. The summed E-state index contributed by atoms with van der Waals surface area (Å²) in [5.41, 5.74) is 2.33. The fraction of sp³-hybridized carbons (Fsp3) is 0.222. The summed E-state index contributed by atoms with van der Waals surface area (Å²) in [6, 6.07) is 15.0. The molecular weight excluding hydrogens is 338 g/mol. The summed E-state index contributed by atoms with van der Waals surface area (Å²) in [7, 11) is 1.62. The summed E-state index contributed by atoms with van der Waals surface area (Å²) >= 11 is 1.52. The molecule has 2 N–H and O–H groups in total. The third-order valence-corrected chi connectivity index (χ3v) is 4.68. The van der Waals surface area contributed by atoms with E-state index in [-0.39, 0.29) is 18.4 Å². The van der Waals surface area contributed by atoms with Gasteiger partial charge in [0.1, 0.15) is 12.3 Å². The number of methoxy groups -OCH3 is 1. The lowest BCUT2D eigenvalue weighted by Gasteiger charge is -2.16. The number of hydrogen-bond acceptors (Lipinski definition) is 5. The Balaban J connectivity index is 1.67. The molecule has 0 unspecified atom stereocenters. The number of nitrogens with one attached hydrogen (secondary N) is 2. The van der Waals surface area contributed by atoms with Crippen molar-refractivity contribution in [2.45, 2.75) is 0 Å². The van der Waals surface area contributed by atoms with Crippen molar-refractivity contribution in [2.24, 2.45) is 0 Å². The molecule has 0 radical (unpaired) electrons. The van der Waals surface area contributed by atoms with Gasteiger partial charge >= 0.3 is 0 Å². The van der Waals surface area contributed by atoms with Gasteiger partial charge in [-0.25, -0.2) is 0 Å². The zero-order valence-corrected chi connectivity index (χ0v) is 14.6. The molecule has 130 valence electrons. The van der Waals surface area contributed by atoms with Gasteiger partial charge in [-0.1, -0.05) is 12.1 Å². The smallest absolute Gasteiger partial charge is 0.244 e. The van der Waals surface area contributed by atoms with Gasteiger partial charge in [-0.15, -0.1) is 11.8 Å². The molecule has 0 atom stereocenters. The molecule has 25 heavy (non-hydrogen) atoms. The molecule has 0 spiro atoms. The summed E-state index contributed by atoms with van der Waals surface area (Å²) < 4.78 is 5.15. The standard InChI is InChI=1S/C18H19N3O3S/c1-24-14-8-6-13(7-9-14)19-15-4-2-3-5-16(15)20-17(22)10-21-12-25-11-18(21)23/h2-9,19H,10-12H2,1H3,(H,20,22). The number of rotatable bonds is 6. The highest BCUT2D eigenvalue weighted by atomic mass is 32.2. The Bertz CT molecular complexity index is 764. The molecule has 1 heterocycles. The Morgan fingerprint density at radius 1 is 1.16 bits per heavy atom. The van der Waals surface area contributed by atoms with E-state index in [4.69, 9.17) is 4.74 Å². The van der Waals surface area contributed by atoms with Gasteiger partial charge in [-0.2, -0.15) is 0 Å². The van der Waals surface area contributed by atoms with Crippen LogP contribution in [0, 0.1) is 0 Å². The molecule has 1 saturated heterocycles. The van der Waals surface area contributed by atoms with Crippen LogP contribution in [0.1, 0.15) is 0 Å². The van der Waals surface area contributed by atoms with E-state index in [1.54, 1.807) is 12.0 Å². The minimum Gasteiger partial charge on any atom is -0.497 e. The highest BCUT2D eigenvalue weighted by Gasteiger charge is 2.23. The number of carbonyl (C=O) groups excluding carboxylic acids is 2. The Labute approximate surface area is 150 Å². The molecule has 2 aromatic carbocycles. The summed E-state index contributed by atoms with van der Waals surface area (Å²) in [6.45, 7) is 0.0721. The third-order valence-electron chi connectivity index (χ3n) is 3.73. The Morgan fingerprint density at radius 3 is 2.52 bits per heavy atom. The van der Waals surface area contributed by atoms with Gasteiger partial charge in [0.2, 0.25) is 11.8 Å². The quantitative estimate of drug-likeness (QED) is 0.832. The van der Waals surface area contributed by atoms with Gasteiger partial charge in [-0.3, -0.25) is 9.59 Å². The maximum absolute atomic E-state index is 12.2. The Kier molecular flexibility index (Phi) is 5.45. The Morgan fingerprint density at radius 2 is 1.88 bits per heavy atom. The van der Waals surface area contributed by atoms with E-state index in [1.165, 1.54) is 11.8 Å². The van der Waals surface area contributed by atoms with Gasteiger partial charge < -0.3 is 20.3 Å². The number of carbonyl (C=O) groups is 2. The maximum atomic E-state index is 12.2. The van der Waals surface area contributed by atoms with Crippen LogP contribution >= 0.6 is 11.8 Å². The van der Waals surface area contributed by atoms with E-state index < -0.39 is 0 Å². The number of para-hydroxylation sites is 2. The van der Waals surface area contributed by atoms with Crippen molar-refractivity contribution in [3.05, 3.63) is 48.5 Å². The molecule has 1 fully saturated rings. The van der Waals surface area contributed by atoms with Gasteiger partial charge in [0.15, 0.2) is 0 Å². The number of thioether (sulfide) groups is 1. The molecule has 3 rings (SSSR count). The van der Waals surface area contributed by atoms with E-state index in [0.29, 0.717) is 17.3 Å². The predicted octanol–water partition coefficient (Wildman–Crippen LogP) is 2.91. The zero-order chi connectivity index (χ0) is 17.6. The fourth-order valence-corrected chi connectivity index (χ4v) is 3.34. The van der Waals surface area contributed by atoms with E-state index in [1.807, 2.05) is 48.5 Å². The van der Waals surface area contributed by atoms with Gasteiger partial charge in [0.25, 0.3) is 0 Å². The van der Waals surface area contributed by atoms with Gasteiger partial charge in [0.05, 0.1) is 30.1 Å². The highest BCUT2D eigenvalue weighted by molar-refractivity contribution is 8.00. The molecule has 1 aliphatic heterocycles. The van der Waals surface area contributed by atoms with Crippen LogP contribution in [-0.2, 0) is 9.59 Å². The summed E-state index contributed by atoms with van der Waals surface area (Å²) in [4.78, 5) is 25.4. The van der Waals surface area contributed by atoms with E-state index >= 15 is 0 Å². The average molecular weight is 357 g/mol. The monoisotopic (exact) mass is 357 g/mol. The minimum atomic E-state index is -0.208. The van der Waals surface area contributed by atoms with E-state index in [9.17, 15) is 9.59 Å². The number of hydrogen-bond donors (Lipinski definition) is 2. The van der Waals surface area contributed by atoms with Crippen LogP contribution in [0.4, 0.5) is 17.1 Å². The van der Waals surface area contributed by atoms with Crippen molar-refractivity contribution in [3.63, 3.8) is 0 Å². The molecular formula is C18H19N3O3S. The molecule has 7 heteroatoms. The van der Waals surface area contributed by atoms with Crippen molar-refractivity contribution in [1.29, 1.82) is 0 Å². The van der Waals surface area contributed by atoms with E-state index in [2.05, 4.69) is 10.6 Å². The van der Waals surface area contributed by atoms with Crippen LogP contribution in [0.15, 0.2) is 48.5 Å². The minimum absolute atomic E-state index is 0.00444. The zero-order valence-electron chi connectivity index (χ0n) is 13.8. The van der Waals surface area contributed by atoms with Gasteiger partial charge in [-0.05, 0) is 36.4 Å². The number of anilines is 3. The molecule has 1 aliphatic rings. The van der Waals surface area contributed by atoms with Crippen LogP contribution in [-0.4, -0.2) is 42.0 Å². The lowest BCUT2D eigenvalue weighted by molar-refractivity contribution is -0.130. The maximum Gasteiger partial charge on any atom is 0.244 e. The summed E-state index contributed by atoms with van der Waals surface area (Å²) in [5.74, 6) is 1.59. The van der Waals surface area contributed by atoms with E-state index in [0.717, 1.165) is 17.1 Å². The van der Waals surface area contributed by atoms with Crippen molar-refractivity contribution < 1.29 is 14.3 Å². The number of amides is 2. The van der Waals surface area contributed by atoms with Crippen molar-refractivity contribution in [2.75, 3.05) is 35.9 Å². The van der Waals surface area contributed by atoms with Crippen molar-refractivity contribution >= 4 is 40.6 Å². The first kappa shape index (κ1) is 17.2. The SMILES string of the molecule is COc1ccc(Nc2ccccc2NC(=O)CN2CSCC2=O)cc1. The largest absolute Gasteiger partial charge is 0.497 e. The van der Waals surface area contributed by atoms with Crippen LogP contribution in [0.5, 0.6) is 5.75 Å². The molecule has 0 saturated carbocycles. The number of benzene rings is 2. The predicted molar refractivity (Wildman–Crippen MR) is 100 cm³/mol. The van der Waals surface area contributed by atoms with Crippen LogP contribution in [0.2, 0.25) is 0 Å². The molecule has 0 aliphatic carbocycles. The lowest BCUT2D eigenvalue weighted by Crippen LogP contribution is -2.34. The normalized spacial score (nSPS) is 13.6. The second-order valence-corrected chi connectivity index (χ2v) is 6.47. The molecule has 2 aromatic rings. The van der Waals surface area contributed by atoms with Crippen LogP contribution < -0.4 is 15.4 Å². The number of ether oxygens (including phenoxy) is 1. The van der Waals surface area contributed by atoms with Crippen LogP contribution in [0.3, 0.4) is 0 Å². The first-order valence-electron chi connectivity index (χ1n) is 7.81. The first-order chi connectivity index (χ1) is 12.2. The summed E-state index contributed by atoms with van der Waals surface area (Å²) in [5, 5.41) is 6.15. The first-order valence-corrected chi connectivity index (χ1v) is 8.96. The molecule has 2 amide bonds. The average Bonchev–Trinajstić information content (AvgIpc) is 3.02. The second-order valence-electron chi connectivity index (χ2n) is 5.52. The second kappa shape index (κ2) is 7.94. The fourth-order valence-electron chi connectivity index (χ4n) is 2.43. The highest BCUT2D eigenvalue weighted by Crippen LogP contribution is 2.26. The number of nitrogens with zero attached hydrogens (tertiary/aromatic N) is 1. The molecule has 6 nitrogen and oxygen atoms in total. The topological polar surface area (TPSA) is 70.7 Å². The molecule has 0 aromatic heterocycles. The molecule has 0 bridgehead atoms. The summed E-state index contributed by atoms with van der Waals surface area (Å²) in [6.07, 6.45) is 0. The lowest BCUT2D eigenvalue weighted by atomic mass is 10.2. The Hall–Kier alpha value is -2.67. The van der Waals surface area contributed by atoms with Crippen molar-refractivity contribution in [3.8, 4) is 5.75 Å². The van der Waals surface area contributed by atoms with Gasteiger partial charge in [0, 0.05) is 5.69 Å².